The van der Waals surface area contributed by atoms with E-state index in [0.717, 1.165) is 5.56 Å². The summed E-state index contributed by atoms with van der Waals surface area (Å²) in [5.74, 6) is -4.63. The first kappa shape index (κ1) is 15.1. The van der Waals surface area contributed by atoms with Gasteiger partial charge in [0.1, 0.15) is 0 Å². The van der Waals surface area contributed by atoms with Crippen LogP contribution in [0.1, 0.15) is 5.56 Å². The number of rotatable bonds is 3. The highest BCUT2D eigenvalue weighted by atomic mass is 35.5. The number of alkyl halides is 3. The van der Waals surface area contributed by atoms with Gasteiger partial charge >= 0.3 is 12.1 Å². The van der Waals surface area contributed by atoms with Crippen LogP contribution in [0.5, 0.6) is 0 Å². The van der Waals surface area contributed by atoms with Crippen molar-refractivity contribution in [3.8, 4) is 0 Å². The topological polar surface area (TPSA) is 40.5 Å². The van der Waals surface area contributed by atoms with Gasteiger partial charge in [-0.3, -0.25) is 9.69 Å². The number of hydrogen-bond donors (Lipinski definition) is 1. The van der Waals surface area contributed by atoms with E-state index in [0.29, 0.717) is 5.02 Å². The van der Waals surface area contributed by atoms with Crippen LogP contribution in [-0.4, -0.2) is 35.2 Å². The molecule has 0 aliphatic carbocycles. The lowest BCUT2D eigenvalue weighted by Gasteiger charge is -2.18. The number of carboxylic acid groups (broad SMARTS) is 1. The van der Waals surface area contributed by atoms with Gasteiger partial charge in [0, 0.05) is 24.7 Å². The quantitative estimate of drug-likeness (QED) is 0.933. The molecule has 0 bridgehead atoms. The lowest BCUT2D eigenvalue weighted by atomic mass is 9.96. The molecule has 2 atom stereocenters. The molecule has 1 N–H and O–H groups in total. The van der Waals surface area contributed by atoms with E-state index in [1.54, 1.807) is 24.3 Å². The Morgan fingerprint density at radius 2 is 2.10 bits per heavy atom. The maximum Gasteiger partial charge on any atom is 0.393 e. The summed E-state index contributed by atoms with van der Waals surface area (Å²) in [6, 6.07) is 6.80. The van der Waals surface area contributed by atoms with Crippen molar-refractivity contribution >= 4 is 17.6 Å². The van der Waals surface area contributed by atoms with Gasteiger partial charge in [-0.05, 0) is 17.7 Å². The van der Waals surface area contributed by atoms with E-state index in [-0.39, 0.29) is 19.6 Å². The smallest absolute Gasteiger partial charge is 0.393 e. The Morgan fingerprint density at radius 1 is 1.40 bits per heavy atom. The van der Waals surface area contributed by atoms with Gasteiger partial charge < -0.3 is 5.11 Å². The van der Waals surface area contributed by atoms with Crippen LogP contribution in [-0.2, 0) is 11.3 Å². The second kappa shape index (κ2) is 5.61. The second-order valence-electron chi connectivity index (χ2n) is 4.92. The van der Waals surface area contributed by atoms with E-state index in [4.69, 9.17) is 16.7 Å². The van der Waals surface area contributed by atoms with Crippen molar-refractivity contribution in [2.45, 2.75) is 12.7 Å². The van der Waals surface area contributed by atoms with E-state index < -0.39 is 24.0 Å². The van der Waals surface area contributed by atoms with E-state index in [1.165, 1.54) is 4.90 Å². The highest BCUT2D eigenvalue weighted by molar-refractivity contribution is 6.30. The minimum atomic E-state index is -4.49. The highest BCUT2D eigenvalue weighted by Gasteiger charge is 2.52. The minimum absolute atomic E-state index is 0.105. The number of likely N-dealkylation sites (tertiary alicyclic amines) is 1. The summed E-state index contributed by atoms with van der Waals surface area (Å²) in [6.45, 7) is -0.143. The van der Waals surface area contributed by atoms with E-state index in [2.05, 4.69) is 0 Å². The van der Waals surface area contributed by atoms with Gasteiger partial charge in [0.2, 0.25) is 0 Å². The molecular weight excluding hydrogens is 295 g/mol. The summed E-state index contributed by atoms with van der Waals surface area (Å²) in [6.07, 6.45) is -4.49. The Balaban J connectivity index is 2.10. The van der Waals surface area contributed by atoms with Gasteiger partial charge in [0.05, 0.1) is 11.8 Å². The molecule has 1 heterocycles. The van der Waals surface area contributed by atoms with Gasteiger partial charge in [-0.1, -0.05) is 23.7 Å². The first-order valence-electron chi connectivity index (χ1n) is 6.03. The average molecular weight is 308 g/mol. The number of benzene rings is 1. The van der Waals surface area contributed by atoms with Crippen molar-refractivity contribution in [1.29, 1.82) is 0 Å². The molecule has 1 aromatic carbocycles. The van der Waals surface area contributed by atoms with Crippen LogP contribution in [0.2, 0.25) is 5.02 Å². The highest BCUT2D eigenvalue weighted by Crippen LogP contribution is 2.38. The molecule has 1 fully saturated rings. The maximum atomic E-state index is 12.8. The number of hydrogen-bond acceptors (Lipinski definition) is 2. The van der Waals surface area contributed by atoms with Gasteiger partial charge in [-0.25, -0.2) is 0 Å². The fraction of sp³-hybridized carbons (Fsp3) is 0.462. The number of carboxylic acids is 1. The SMILES string of the molecule is O=C(O)[C@@H]1CN(Cc2cccc(Cl)c2)C[C@H]1C(F)(F)F. The molecule has 0 aromatic heterocycles. The molecule has 0 radical (unpaired) electrons. The predicted molar refractivity (Wildman–Crippen MR) is 67.4 cm³/mol. The summed E-state index contributed by atoms with van der Waals surface area (Å²) in [5, 5.41) is 9.43. The third-order valence-corrected chi connectivity index (χ3v) is 3.66. The molecule has 1 saturated heterocycles. The second-order valence-corrected chi connectivity index (χ2v) is 5.35. The number of nitrogens with zero attached hydrogens (tertiary/aromatic N) is 1. The van der Waals surface area contributed by atoms with Crippen LogP contribution in [0.15, 0.2) is 24.3 Å². The molecule has 0 amide bonds. The Hall–Kier alpha value is -1.27. The first-order chi connectivity index (χ1) is 9.27. The van der Waals surface area contributed by atoms with Crippen molar-refractivity contribution < 1.29 is 23.1 Å². The standard InChI is InChI=1S/C13H13ClF3NO2/c14-9-3-1-2-8(4-9)5-18-6-10(12(19)20)11(7-18)13(15,16)17/h1-4,10-11H,5-7H2,(H,19,20)/t10-,11-/m1/s1. The average Bonchev–Trinajstić information content (AvgIpc) is 2.73. The van der Waals surface area contributed by atoms with Gasteiger partial charge in [-0.2, -0.15) is 13.2 Å². The predicted octanol–water partition coefficient (Wildman–Crippen LogP) is 3.03. The third kappa shape index (κ3) is 3.43. The molecule has 0 spiro atoms. The summed E-state index contributed by atoms with van der Waals surface area (Å²) in [5.41, 5.74) is 0.768. The lowest BCUT2D eigenvalue weighted by Crippen LogP contribution is -2.33. The van der Waals surface area contributed by atoms with Gasteiger partial charge in [0.25, 0.3) is 0 Å². The molecule has 20 heavy (non-hydrogen) atoms. The monoisotopic (exact) mass is 307 g/mol. The van der Waals surface area contributed by atoms with E-state index >= 15 is 0 Å². The van der Waals surface area contributed by atoms with E-state index in [9.17, 15) is 18.0 Å². The van der Waals surface area contributed by atoms with Gasteiger partial charge in [-0.15, -0.1) is 0 Å². The van der Waals surface area contributed by atoms with Crippen molar-refractivity contribution in [3.63, 3.8) is 0 Å². The summed E-state index contributed by atoms with van der Waals surface area (Å²) in [7, 11) is 0. The molecular formula is C13H13ClF3NO2. The molecule has 0 saturated carbocycles. The van der Waals surface area contributed by atoms with Crippen LogP contribution >= 0.6 is 11.6 Å². The molecule has 1 aliphatic rings. The largest absolute Gasteiger partial charge is 0.481 e. The molecule has 1 aliphatic heterocycles. The molecule has 110 valence electrons. The summed E-state index contributed by atoms with van der Waals surface area (Å²) in [4.78, 5) is 12.5. The molecule has 0 unspecified atom stereocenters. The zero-order valence-corrected chi connectivity index (χ0v) is 11.2. The molecule has 1 aromatic rings. The zero-order valence-electron chi connectivity index (χ0n) is 10.4. The first-order valence-corrected chi connectivity index (χ1v) is 6.41. The van der Waals surface area contributed by atoms with E-state index in [1.807, 2.05) is 0 Å². The van der Waals surface area contributed by atoms with Crippen LogP contribution in [0, 0.1) is 11.8 Å². The zero-order chi connectivity index (χ0) is 14.9. The molecule has 3 nitrogen and oxygen atoms in total. The Kier molecular flexibility index (Phi) is 4.25. The Bertz CT molecular complexity index is 507. The number of carbonyl (C=O) groups is 1. The lowest BCUT2D eigenvalue weighted by molar-refractivity contribution is -0.188. The third-order valence-electron chi connectivity index (χ3n) is 3.43. The summed E-state index contributed by atoms with van der Waals surface area (Å²) >= 11 is 5.82. The molecule has 7 heteroatoms. The fourth-order valence-corrected chi connectivity index (χ4v) is 2.70. The normalized spacial score (nSPS) is 24.0. The summed E-state index contributed by atoms with van der Waals surface area (Å²) < 4.78 is 38.5. The van der Waals surface area contributed by atoms with Crippen LogP contribution in [0.4, 0.5) is 13.2 Å². The van der Waals surface area contributed by atoms with Crippen LogP contribution in [0.25, 0.3) is 0 Å². The van der Waals surface area contributed by atoms with Gasteiger partial charge in [0.15, 0.2) is 0 Å². The Labute approximate surface area is 118 Å². The van der Waals surface area contributed by atoms with Crippen LogP contribution < -0.4 is 0 Å². The maximum absolute atomic E-state index is 12.8. The number of halogens is 4. The molecule has 2 rings (SSSR count). The van der Waals surface area contributed by atoms with Crippen molar-refractivity contribution in [2.75, 3.05) is 13.1 Å². The minimum Gasteiger partial charge on any atom is -0.481 e. The Morgan fingerprint density at radius 3 is 2.60 bits per heavy atom. The van der Waals surface area contributed by atoms with Crippen LogP contribution in [0.3, 0.4) is 0 Å². The number of aliphatic carboxylic acids is 1. The van der Waals surface area contributed by atoms with Crippen molar-refractivity contribution in [2.24, 2.45) is 11.8 Å². The fourth-order valence-electron chi connectivity index (χ4n) is 2.49. The van der Waals surface area contributed by atoms with Crippen molar-refractivity contribution in [1.82, 2.24) is 4.90 Å². The van der Waals surface area contributed by atoms with Crippen molar-refractivity contribution in [3.05, 3.63) is 34.9 Å².